The molecule has 2 saturated heterocycles. The summed E-state index contributed by atoms with van der Waals surface area (Å²) in [6, 6.07) is 15.9. The molecule has 34 heavy (non-hydrogen) atoms. The molecule has 1 amide bonds. The van der Waals surface area contributed by atoms with Crippen LogP contribution in [0.1, 0.15) is 50.2 Å². The lowest BCUT2D eigenvalue weighted by atomic mass is 9.88. The van der Waals surface area contributed by atoms with Gasteiger partial charge in [-0.1, -0.05) is 73.5 Å². The SMILES string of the molecule is C=C1N(CCCC)C(=O)OC12CCN(CCC=C(c1ccc(Cl)cc1)c1ccc(Cl)cc1)CC2. The van der Waals surface area contributed by atoms with Gasteiger partial charge in [-0.25, -0.2) is 4.79 Å². The summed E-state index contributed by atoms with van der Waals surface area (Å²) in [5, 5.41) is 1.45. The van der Waals surface area contributed by atoms with Gasteiger partial charge >= 0.3 is 6.09 Å². The van der Waals surface area contributed by atoms with Crippen LogP contribution >= 0.6 is 23.2 Å². The molecule has 0 saturated carbocycles. The van der Waals surface area contributed by atoms with Crippen LogP contribution in [0.25, 0.3) is 5.57 Å². The number of likely N-dealkylation sites (tertiary alicyclic amines) is 1. The summed E-state index contributed by atoms with van der Waals surface area (Å²) < 4.78 is 5.87. The molecule has 0 unspecified atom stereocenters. The van der Waals surface area contributed by atoms with Crippen LogP contribution in [0.4, 0.5) is 4.79 Å². The highest BCUT2D eigenvalue weighted by molar-refractivity contribution is 6.31. The molecule has 2 aromatic rings. The Hall–Kier alpha value is -2.27. The van der Waals surface area contributed by atoms with Crippen molar-refractivity contribution in [2.24, 2.45) is 0 Å². The minimum atomic E-state index is -0.519. The van der Waals surface area contributed by atoms with Crippen LogP contribution in [0.3, 0.4) is 0 Å². The maximum atomic E-state index is 12.4. The van der Waals surface area contributed by atoms with Crippen molar-refractivity contribution in [1.29, 1.82) is 0 Å². The first-order chi connectivity index (χ1) is 16.4. The van der Waals surface area contributed by atoms with Gasteiger partial charge in [0.25, 0.3) is 0 Å². The number of hydrogen-bond donors (Lipinski definition) is 0. The van der Waals surface area contributed by atoms with Crippen LogP contribution in [-0.2, 0) is 4.74 Å². The molecule has 4 nitrogen and oxygen atoms in total. The highest BCUT2D eigenvalue weighted by Crippen LogP contribution is 2.40. The summed E-state index contributed by atoms with van der Waals surface area (Å²) in [4.78, 5) is 16.6. The van der Waals surface area contributed by atoms with Crippen LogP contribution in [0.15, 0.2) is 66.9 Å². The second kappa shape index (κ2) is 11.0. The van der Waals surface area contributed by atoms with E-state index < -0.39 is 5.60 Å². The number of amides is 1. The molecule has 2 heterocycles. The molecule has 0 aliphatic carbocycles. The van der Waals surface area contributed by atoms with E-state index in [0.29, 0.717) is 6.54 Å². The molecule has 0 radical (unpaired) electrons. The van der Waals surface area contributed by atoms with Crippen molar-refractivity contribution in [3.05, 3.63) is 88.1 Å². The topological polar surface area (TPSA) is 32.8 Å². The van der Waals surface area contributed by atoms with Crippen LogP contribution in [0.2, 0.25) is 10.0 Å². The number of carbonyl (C=O) groups is 1. The first kappa shape index (κ1) is 24.8. The molecule has 2 aliphatic heterocycles. The van der Waals surface area contributed by atoms with Gasteiger partial charge in [0.1, 0.15) is 0 Å². The number of nitrogens with zero attached hydrogens (tertiary/aromatic N) is 2. The van der Waals surface area contributed by atoms with E-state index in [-0.39, 0.29) is 6.09 Å². The molecule has 0 aromatic heterocycles. The standard InChI is InChI=1S/C28H32Cl2N2O2/c1-3-4-18-32-21(2)28(34-27(32)33)15-19-31(20-16-28)17-5-6-26(22-7-11-24(29)12-8-22)23-9-13-25(30)14-10-23/h6-14H,2-5,15-20H2,1H3. The van der Waals surface area contributed by atoms with E-state index in [0.717, 1.165) is 78.6 Å². The monoisotopic (exact) mass is 498 g/mol. The number of rotatable bonds is 8. The quantitative estimate of drug-likeness (QED) is 0.379. The van der Waals surface area contributed by atoms with Crippen LogP contribution < -0.4 is 0 Å². The zero-order valence-electron chi connectivity index (χ0n) is 19.7. The fraction of sp³-hybridized carbons (Fsp3) is 0.393. The minimum absolute atomic E-state index is 0.231. The van der Waals surface area contributed by atoms with Crippen molar-refractivity contribution in [3.8, 4) is 0 Å². The molecular formula is C28H32Cl2N2O2. The number of carbonyl (C=O) groups excluding carboxylic acids is 1. The van der Waals surface area contributed by atoms with Gasteiger partial charge in [-0.2, -0.15) is 0 Å². The highest BCUT2D eigenvalue weighted by Gasteiger charge is 2.50. The molecule has 2 aliphatic rings. The lowest BCUT2D eigenvalue weighted by Gasteiger charge is -2.38. The largest absolute Gasteiger partial charge is 0.436 e. The van der Waals surface area contributed by atoms with E-state index in [1.165, 1.54) is 5.57 Å². The molecule has 2 aromatic carbocycles. The van der Waals surface area contributed by atoms with Gasteiger partial charge in [-0.05, 0) is 53.8 Å². The zero-order chi connectivity index (χ0) is 24.1. The minimum Gasteiger partial charge on any atom is -0.436 e. The van der Waals surface area contributed by atoms with E-state index in [1.807, 2.05) is 24.3 Å². The number of ether oxygens (including phenoxy) is 1. The smallest absolute Gasteiger partial charge is 0.415 e. The summed E-state index contributed by atoms with van der Waals surface area (Å²) >= 11 is 12.2. The second-order valence-corrected chi connectivity index (χ2v) is 9.95. The Labute approximate surface area is 212 Å². The number of halogens is 2. The lowest BCUT2D eigenvalue weighted by molar-refractivity contribution is 0.0152. The van der Waals surface area contributed by atoms with E-state index in [4.69, 9.17) is 27.9 Å². The summed E-state index contributed by atoms with van der Waals surface area (Å²) in [5.74, 6) is 0. The number of hydrogen-bond acceptors (Lipinski definition) is 3. The van der Waals surface area contributed by atoms with Gasteiger partial charge in [-0.3, -0.25) is 4.90 Å². The van der Waals surface area contributed by atoms with Crippen LogP contribution in [0.5, 0.6) is 0 Å². The Morgan fingerprint density at radius 3 is 2.09 bits per heavy atom. The molecule has 180 valence electrons. The van der Waals surface area contributed by atoms with E-state index in [2.05, 4.69) is 48.7 Å². The average Bonchev–Trinajstić information content (AvgIpc) is 3.07. The number of piperidine rings is 1. The van der Waals surface area contributed by atoms with Gasteiger partial charge in [0.2, 0.25) is 0 Å². The number of unbranched alkanes of at least 4 members (excludes halogenated alkanes) is 1. The van der Waals surface area contributed by atoms with Crippen molar-refractivity contribution < 1.29 is 9.53 Å². The van der Waals surface area contributed by atoms with Crippen molar-refractivity contribution in [3.63, 3.8) is 0 Å². The zero-order valence-corrected chi connectivity index (χ0v) is 21.2. The fourth-order valence-electron chi connectivity index (χ4n) is 4.76. The predicted octanol–water partition coefficient (Wildman–Crippen LogP) is 7.42. The average molecular weight is 499 g/mol. The Balaban J connectivity index is 1.39. The summed E-state index contributed by atoms with van der Waals surface area (Å²) in [6.45, 7) is 9.78. The third-order valence-electron chi connectivity index (χ3n) is 6.86. The maximum Gasteiger partial charge on any atom is 0.415 e. The van der Waals surface area contributed by atoms with Crippen LogP contribution in [0, 0.1) is 0 Å². The molecule has 0 bridgehead atoms. The highest BCUT2D eigenvalue weighted by atomic mass is 35.5. The third kappa shape index (κ3) is 5.51. The lowest BCUT2D eigenvalue weighted by Crippen LogP contribution is -2.45. The van der Waals surface area contributed by atoms with Crippen molar-refractivity contribution in [2.45, 2.75) is 44.6 Å². The molecule has 0 N–H and O–H groups in total. The fourth-order valence-corrected chi connectivity index (χ4v) is 5.01. The Morgan fingerprint density at radius 2 is 1.56 bits per heavy atom. The Kier molecular flexibility index (Phi) is 8.02. The van der Waals surface area contributed by atoms with E-state index >= 15 is 0 Å². The van der Waals surface area contributed by atoms with Crippen molar-refractivity contribution in [1.82, 2.24) is 9.80 Å². The molecule has 0 atom stereocenters. The van der Waals surface area contributed by atoms with Gasteiger partial charge in [0, 0.05) is 49.1 Å². The second-order valence-electron chi connectivity index (χ2n) is 9.08. The predicted molar refractivity (Wildman–Crippen MR) is 140 cm³/mol. The van der Waals surface area contributed by atoms with Crippen molar-refractivity contribution >= 4 is 34.9 Å². The molecule has 4 rings (SSSR count). The molecule has 1 spiro atoms. The van der Waals surface area contributed by atoms with Crippen LogP contribution in [-0.4, -0.2) is 47.7 Å². The van der Waals surface area contributed by atoms with Crippen molar-refractivity contribution in [2.75, 3.05) is 26.2 Å². The first-order valence-corrected chi connectivity index (χ1v) is 12.8. The molecule has 2 fully saturated rings. The third-order valence-corrected chi connectivity index (χ3v) is 7.36. The normalized spacial score (nSPS) is 17.8. The van der Waals surface area contributed by atoms with Gasteiger partial charge in [-0.15, -0.1) is 0 Å². The van der Waals surface area contributed by atoms with E-state index in [1.54, 1.807) is 4.90 Å². The van der Waals surface area contributed by atoms with Gasteiger partial charge < -0.3 is 9.64 Å². The summed E-state index contributed by atoms with van der Waals surface area (Å²) in [7, 11) is 0. The Bertz CT molecular complexity index is 992. The molecular weight excluding hydrogens is 467 g/mol. The van der Waals surface area contributed by atoms with E-state index in [9.17, 15) is 4.79 Å². The Morgan fingerprint density at radius 1 is 1.00 bits per heavy atom. The molecule has 6 heteroatoms. The van der Waals surface area contributed by atoms with Gasteiger partial charge in [0.15, 0.2) is 5.60 Å². The van der Waals surface area contributed by atoms with Gasteiger partial charge in [0.05, 0.1) is 5.70 Å². The number of benzene rings is 2. The summed E-state index contributed by atoms with van der Waals surface area (Å²) in [6.07, 6.45) is 6.57. The first-order valence-electron chi connectivity index (χ1n) is 12.1. The summed E-state index contributed by atoms with van der Waals surface area (Å²) in [5.41, 5.74) is 3.76. The maximum absolute atomic E-state index is 12.4.